The number of hydrogen-bond acceptors (Lipinski definition) is 3. The first-order valence-electron chi connectivity index (χ1n) is 7.24. The van der Waals surface area contributed by atoms with Crippen LogP contribution in [0, 0.1) is 0 Å². The molecule has 1 saturated heterocycles. The standard InChI is InChI=1S/C15H22ClN3O2/c1-11(2)18-10-12-13(16)4-3-5-14(12)21-9-8-19-7-6-17-15(19)20/h3-5,11,18H,6-10H2,1-2H3,(H,17,20). The van der Waals surface area contributed by atoms with Gasteiger partial charge in [-0.2, -0.15) is 0 Å². The number of carbonyl (C=O) groups excluding carboxylic acids is 1. The minimum absolute atomic E-state index is 0.0219. The summed E-state index contributed by atoms with van der Waals surface area (Å²) in [7, 11) is 0. The number of urea groups is 1. The SMILES string of the molecule is CC(C)NCc1c(Cl)cccc1OCCN1CCNC1=O. The summed E-state index contributed by atoms with van der Waals surface area (Å²) < 4.78 is 5.81. The molecule has 0 aromatic heterocycles. The molecule has 1 fully saturated rings. The van der Waals surface area contributed by atoms with Gasteiger partial charge in [0.1, 0.15) is 12.4 Å². The Morgan fingerprint density at radius 1 is 1.48 bits per heavy atom. The predicted molar refractivity (Wildman–Crippen MR) is 83.9 cm³/mol. The van der Waals surface area contributed by atoms with E-state index in [-0.39, 0.29) is 6.03 Å². The Bertz CT molecular complexity index is 494. The van der Waals surface area contributed by atoms with Gasteiger partial charge in [-0.3, -0.25) is 0 Å². The average Bonchev–Trinajstić information content (AvgIpc) is 2.83. The summed E-state index contributed by atoms with van der Waals surface area (Å²) in [5, 5.41) is 6.81. The van der Waals surface area contributed by atoms with E-state index in [1.807, 2.05) is 18.2 Å². The van der Waals surface area contributed by atoms with E-state index >= 15 is 0 Å². The van der Waals surface area contributed by atoms with Crippen LogP contribution in [0.25, 0.3) is 0 Å². The number of amides is 2. The fourth-order valence-electron chi connectivity index (χ4n) is 2.14. The van der Waals surface area contributed by atoms with Crippen molar-refractivity contribution < 1.29 is 9.53 Å². The molecular formula is C15H22ClN3O2. The minimum atomic E-state index is -0.0219. The lowest BCUT2D eigenvalue weighted by Crippen LogP contribution is -2.32. The van der Waals surface area contributed by atoms with Crippen LogP contribution in [0.2, 0.25) is 5.02 Å². The molecule has 1 heterocycles. The Hall–Kier alpha value is -1.46. The van der Waals surface area contributed by atoms with Crippen LogP contribution in [0.5, 0.6) is 5.75 Å². The maximum absolute atomic E-state index is 11.4. The molecule has 2 rings (SSSR count). The summed E-state index contributed by atoms with van der Waals surface area (Å²) in [6.07, 6.45) is 0. The van der Waals surface area contributed by atoms with Gasteiger partial charge < -0.3 is 20.3 Å². The van der Waals surface area contributed by atoms with E-state index in [4.69, 9.17) is 16.3 Å². The number of hydrogen-bond donors (Lipinski definition) is 2. The fourth-order valence-corrected chi connectivity index (χ4v) is 2.37. The van der Waals surface area contributed by atoms with Crippen LogP contribution in [-0.2, 0) is 6.54 Å². The highest BCUT2D eigenvalue weighted by Gasteiger charge is 2.19. The van der Waals surface area contributed by atoms with Crippen molar-refractivity contribution in [3.8, 4) is 5.75 Å². The maximum atomic E-state index is 11.4. The Labute approximate surface area is 130 Å². The highest BCUT2D eigenvalue weighted by molar-refractivity contribution is 6.31. The van der Waals surface area contributed by atoms with Crippen LogP contribution in [-0.4, -0.2) is 43.2 Å². The van der Waals surface area contributed by atoms with Gasteiger partial charge in [-0.25, -0.2) is 4.79 Å². The van der Waals surface area contributed by atoms with Crippen LogP contribution in [0.3, 0.4) is 0 Å². The normalized spacial score (nSPS) is 14.7. The van der Waals surface area contributed by atoms with Crippen LogP contribution < -0.4 is 15.4 Å². The molecule has 116 valence electrons. The van der Waals surface area contributed by atoms with Crippen molar-refractivity contribution in [3.63, 3.8) is 0 Å². The Kier molecular flexibility index (Phi) is 5.70. The molecule has 0 spiro atoms. The largest absolute Gasteiger partial charge is 0.491 e. The summed E-state index contributed by atoms with van der Waals surface area (Å²) >= 11 is 6.25. The predicted octanol–water partition coefficient (Wildman–Crippen LogP) is 2.24. The number of benzene rings is 1. The first-order valence-corrected chi connectivity index (χ1v) is 7.62. The van der Waals surface area contributed by atoms with Crippen LogP contribution in [0.1, 0.15) is 19.4 Å². The highest BCUT2D eigenvalue weighted by Crippen LogP contribution is 2.26. The van der Waals surface area contributed by atoms with Crippen molar-refractivity contribution in [2.45, 2.75) is 26.4 Å². The van der Waals surface area contributed by atoms with Gasteiger partial charge in [-0.05, 0) is 12.1 Å². The van der Waals surface area contributed by atoms with Crippen LogP contribution in [0.4, 0.5) is 4.79 Å². The number of nitrogens with zero attached hydrogens (tertiary/aromatic N) is 1. The van der Waals surface area contributed by atoms with E-state index in [1.165, 1.54) is 0 Å². The van der Waals surface area contributed by atoms with Crippen molar-refractivity contribution >= 4 is 17.6 Å². The molecule has 2 amide bonds. The molecule has 0 unspecified atom stereocenters. The van der Waals surface area contributed by atoms with Crippen molar-refractivity contribution in [3.05, 3.63) is 28.8 Å². The van der Waals surface area contributed by atoms with E-state index in [0.29, 0.717) is 37.3 Å². The third kappa shape index (κ3) is 4.51. The van der Waals surface area contributed by atoms with Crippen LogP contribution in [0.15, 0.2) is 18.2 Å². The third-order valence-corrected chi connectivity index (χ3v) is 3.68. The van der Waals surface area contributed by atoms with Crippen LogP contribution >= 0.6 is 11.6 Å². The quantitative estimate of drug-likeness (QED) is 0.812. The van der Waals surface area contributed by atoms with E-state index in [9.17, 15) is 4.79 Å². The molecule has 1 aromatic carbocycles. The first-order chi connectivity index (χ1) is 10.1. The second kappa shape index (κ2) is 7.52. The number of rotatable bonds is 7. The molecule has 0 atom stereocenters. The van der Waals surface area contributed by atoms with E-state index in [0.717, 1.165) is 17.9 Å². The monoisotopic (exact) mass is 311 g/mol. The second-order valence-electron chi connectivity index (χ2n) is 5.32. The van der Waals surface area contributed by atoms with Crippen molar-refractivity contribution in [1.29, 1.82) is 0 Å². The lowest BCUT2D eigenvalue weighted by molar-refractivity contribution is 0.202. The average molecular weight is 312 g/mol. The Morgan fingerprint density at radius 2 is 2.29 bits per heavy atom. The minimum Gasteiger partial charge on any atom is -0.491 e. The number of nitrogens with one attached hydrogen (secondary N) is 2. The lowest BCUT2D eigenvalue weighted by atomic mass is 10.2. The zero-order valence-electron chi connectivity index (χ0n) is 12.5. The smallest absolute Gasteiger partial charge is 0.317 e. The molecule has 0 radical (unpaired) electrons. The molecular weight excluding hydrogens is 290 g/mol. The Morgan fingerprint density at radius 3 is 2.95 bits per heavy atom. The summed E-state index contributed by atoms with van der Waals surface area (Å²) in [5.74, 6) is 0.773. The zero-order valence-corrected chi connectivity index (χ0v) is 13.2. The third-order valence-electron chi connectivity index (χ3n) is 3.33. The molecule has 1 aromatic rings. The van der Waals surface area contributed by atoms with Gasteiger partial charge in [-0.1, -0.05) is 31.5 Å². The summed E-state index contributed by atoms with van der Waals surface area (Å²) in [6, 6.07) is 6.00. The summed E-state index contributed by atoms with van der Waals surface area (Å²) in [5.41, 5.74) is 0.957. The fraction of sp³-hybridized carbons (Fsp3) is 0.533. The second-order valence-corrected chi connectivity index (χ2v) is 5.73. The molecule has 0 bridgehead atoms. The lowest BCUT2D eigenvalue weighted by Gasteiger charge is -2.17. The highest BCUT2D eigenvalue weighted by atomic mass is 35.5. The van der Waals surface area contributed by atoms with E-state index < -0.39 is 0 Å². The van der Waals surface area contributed by atoms with Crippen molar-refractivity contribution in [1.82, 2.24) is 15.5 Å². The van der Waals surface area contributed by atoms with Gasteiger partial charge in [0.2, 0.25) is 0 Å². The molecule has 5 nitrogen and oxygen atoms in total. The van der Waals surface area contributed by atoms with E-state index in [2.05, 4.69) is 24.5 Å². The Balaban J connectivity index is 1.92. The number of ether oxygens (including phenoxy) is 1. The number of halogens is 1. The molecule has 6 heteroatoms. The summed E-state index contributed by atoms with van der Waals surface area (Å²) in [4.78, 5) is 13.2. The number of carbonyl (C=O) groups is 1. The first kappa shape index (κ1) is 15.9. The molecule has 1 aliphatic heterocycles. The summed E-state index contributed by atoms with van der Waals surface area (Å²) in [6.45, 7) is 7.32. The zero-order chi connectivity index (χ0) is 15.2. The van der Waals surface area contributed by atoms with Gasteiger partial charge in [-0.15, -0.1) is 0 Å². The van der Waals surface area contributed by atoms with Gasteiger partial charge >= 0.3 is 6.03 Å². The molecule has 21 heavy (non-hydrogen) atoms. The molecule has 0 aliphatic carbocycles. The molecule has 2 N–H and O–H groups in total. The van der Waals surface area contributed by atoms with Gasteiger partial charge in [0.15, 0.2) is 0 Å². The van der Waals surface area contributed by atoms with Gasteiger partial charge in [0.25, 0.3) is 0 Å². The van der Waals surface area contributed by atoms with Crippen molar-refractivity contribution in [2.75, 3.05) is 26.2 Å². The maximum Gasteiger partial charge on any atom is 0.317 e. The molecule has 0 saturated carbocycles. The van der Waals surface area contributed by atoms with E-state index in [1.54, 1.807) is 4.90 Å². The molecule has 1 aliphatic rings. The van der Waals surface area contributed by atoms with Gasteiger partial charge in [0, 0.05) is 36.3 Å². The van der Waals surface area contributed by atoms with Gasteiger partial charge in [0.05, 0.1) is 6.54 Å². The van der Waals surface area contributed by atoms with Crippen molar-refractivity contribution in [2.24, 2.45) is 0 Å². The topological polar surface area (TPSA) is 53.6 Å².